The minimum Gasteiger partial charge on any atom is -0.383 e. The fourth-order valence-electron chi connectivity index (χ4n) is 2.83. The van der Waals surface area contributed by atoms with Gasteiger partial charge in [-0.15, -0.1) is 0 Å². The number of sulfone groups is 1. The summed E-state index contributed by atoms with van der Waals surface area (Å²) in [6, 6.07) is 3.63. The molecule has 0 saturated heterocycles. The molecule has 26 heavy (non-hydrogen) atoms. The average molecular weight is 371 g/mol. The van der Waals surface area contributed by atoms with Crippen LogP contribution in [0, 0.1) is 0 Å². The first-order valence-electron chi connectivity index (χ1n) is 8.17. The molecule has 0 bridgehead atoms. The van der Waals surface area contributed by atoms with Gasteiger partial charge in [0.1, 0.15) is 15.7 Å². The van der Waals surface area contributed by atoms with Gasteiger partial charge in [-0.1, -0.05) is 13.8 Å². The lowest BCUT2D eigenvalue weighted by Crippen LogP contribution is -2.23. The molecule has 0 fully saturated rings. The minimum atomic E-state index is -3.06. The second-order valence-electron chi connectivity index (χ2n) is 7.01. The summed E-state index contributed by atoms with van der Waals surface area (Å²) in [5.41, 5.74) is 8.12. The maximum absolute atomic E-state index is 11.6. The van der Waals surface area contributed by atoms with E-state index in [1.807, 2.05) is 26.0 Å². The summed E-state index contributed by atoms with van der Waals surface area (Å²) in [5, 5.41) is 0.719. The third-order valence-electron chi connectivity index (χ3n) is 4.40. The van der Waals surface area contributed by atoms with Gasteiger partial charge in [0, 0.05) is 35.8 Å². The highest BCUT2D eigenvalue weighted by Crippen LogP contribution is 2.35. The Hall–Kier alpha value is -2.61. The molecular weight excluding hydrogens is 350 g/mol. The average Bonchev–Trinajstić information content (AvgIpc) is 2.60. The number of rotatable bonds is 5. The van der Waals surface area contributed by atoms with Crippen molar-refractivity contribution in [2.24, 2.45) is 0 Å². The van der Waals surface area contributed by atoms with Crippen LogP contribution in [0.2, 0.25) is 0 Å². The lowest BCUT2D eigenvalue weighted by molar-refractivity contribution is 0.503. The fourth-order valence-corrected chi connectivity index (χ4v) is 3.71. The second-order valence-corrected chi connectivity index (χ2v) is 9.27. The quantitative estimate of drug-likeness (QED) is 0.733. The smallest absolute Gasteiger partial charge is 0.162 e. The lowest BCUT2D eigenvalue weighted by atomic mass is 9.81. The van der Waals surface area contributed by atoms with Crippen LogP contribution in [-0.2, 0) is 15.3 Å². The zero-order valence-electron chi connectivity index (χ0n) is 15.0. The molecule has 0 atom stereocenters. The number of nitrogens with zero attached hydrogens (tertiary/aromatic N) is 4. The molecule has 3 rings (SSSR count). The highest BCUT2D eigenvalue weighted by atomic mass is 32.2. The Kier molecular flexibility index (Phi) is 4.62. The standard InChI is InChI=1S/C18H21N5O2S/c1-18(2,6-9-26(3,24)25)13-10-21-11-14-15(13)16(19)23-17(22-14)12-4-7-20-8-5-12/h4-5,7-8,10-11H,6,9H2,1-3H3,(H2,19,22,23). The molecule has 2 N–H and O–H groups in total. The summed E-state index contributed by atoms with van der Waals surface area (Å²) < 4.78 is 23.1. The molecule has 136 valence electrons. The highest BCUT2D eigenvalue weighted by Gasteiger charge is 2.26. The first kappa shape index (κ1) is 18.2. The Morgan fingerprint density at radius 3 is 2.42 bits per heavy atom. The summed E-state index contributed by atoms with van der Waals surface area (Å²) >= 11 is 0. The number of hydrogen-bond donors (Lipinski definition) is 1. The monoisotopic (exact) mass is 371 g/mol. The number of aromatic nitrogens is 4. The molecule has 3 heterocycles. The van der Waals surface area contributed by atoms with Crippen molar-refractivity contribution in [1.29, 1.82) is 0 Å². The Bertz CT molecular complexity index is 1050. The molecule has 7 nitrogen and oxygen atoms in total. The summed E-state index contributed by atoms with van der Waals surface area (Å²) in [7, 11) is -3.06. The van der Waals surface area contributed by atoms with Crippen LogP contribution in [0.15, 0.2) is 36.9 Å². The molecule has 0 aliphatic heterocycles. The minimum absolute atomic E-state index is 0.0895. The maximum atomic E-state index is 11.6. The molecule has 0 aromatic carbocycles. The van der Waals surface area contributed by atoms with E-state index in [4.69, 9.17) is 5.73 Å². The first-order valence-corrected chi connectivity index (χ1v) is 10.2. The van der Waals surface area contributed by atoms with E-state index in [9.17, 15) is 8.42 Å². The van der Waals surface area contributed by atoms with Crippen molar-refractivity contribution in [3.8, 4) is 11.4 Å². The van der Waals surface area contributed by atoms with Gasteiger partial charge in [-0.25, -0.2) is 18.4 Å². The molecular formula is C18H21N5O2S. The number of anilines is 1. The Morgan fingerprint density at radius 1 is 1.08 bits per heavy atom. The lowest BCUT2D eigenvalue weighted by Gasteiger charge is -2.26. The van der Waals surface area contributed by atoms with Crippen molar-refractivity contribution in [2.45, 2.75) is 25.7 Å². The largest absolute Gasteiger partial charge is 0.383 e. The van der Waals surface area contributed by atoms with Crippen LogP contribution in [-0.4, -0.2) is 40.4 Å². The predicted octanol–water partition coefficient (Wildman–Crippen LogP) is 2.38. The molecule has 0 aliphatic carbocycles. The van der Waals surface area contributed by atoms with Crippen molar-refractivity contribution in [3.63, 3.8) is 0 Å². The maximum Gasteiger partial charge on any atom is 0.162 e. The summed E-state index contributed by atoms with van der Waals surface area (Å²) in [5.74, 6) is 0.948. The van der Waals surface area contributed by atoms with Crippen molar-refractivity contribution >= 4 is 26.6 Å². The van der Waals surface area contributed by atoms with Gasteiger partial charge in [-0.2, -0.15) is 0 Å². The summed E-state index contributed by atoms with van der Waals surface area (Å²) in [6.45, 7) is 3.95. The van der Waals surface area contributed by atoms with Crippen molar-refractivity contribution in [3.05, 3.63) is 42.5 Å². The summed E-state index contributed by atoms with van der Waals surface area (Å²) in [6.07, 6.45) is 8.40. The van der Waals surface area contributed by atoms with Crippen molar-refractivity contribution in [1.82, 2.24) is 19.9 Å². The molecule has 0 amide bonds. The third-order valence-corrected chi connectivity index (χ3v) is 5.35. The molecule has 0 radical (unpaired) electrons. The topological polar surface area (TPSA) is 112 Å². The van der Waals surface area contributed by atoms with Crippen LogP contribution < -0.4 is 5.73 Å². The molecule has 0 spiro atoms. The van der Waals surface area contributed by atoms with Crippen LogP contribution in [0.1, 0.15) is 25.8 Å². The number of nitrogens with two attached hydrogens (primary N) is 1. The van der Waals surface area contributed by atoms with E-state index < -0.39 is 15.3 Å². The molecule has 3 aromatic rings. The summed E-state index contributed by atoms with van der Waals surface area (Å²) in [4.78, 5) is 17.3. The molecule has 8 heteroatoms. The zero-order chi connectivity index (χ0) is 18.9. The van der Waals surface area contributed by atoms with E-state index >= 15 is 0 Å². The van der Waals surface area contributed by atoms with E-state index in [0.717, 1.165) is 16.5 Å². The number of fused-ring (bicyclic) bond motifs is 1. The van der Waals surface area contributed by atoms with Gasteiger partial charge in [0.2, 0.25) is 0 Å². The van der Waals surface area contributed by atoms with Gasteiger partial charge in [0.05, 0.1) is 17.5 Å². The number of pyridine rings is 2. The Morgan fingerprint density at radius 2 is 1.77 bits per heavy atom. The molecule has 0 unspecified atom stereocenters. The Labute approximate surface area is 152 Å². The van der Waals surface area contributed by atoms with Crippen LogP contribution in [0.3, 0.4) is 0 Å². The van der Waals surface area contributed by atoms with Crippen LogP contribution in [0.5, 0.6) is 0 Å². The van der Waals surface area contributed by atoms with E-state index in [2.05, 4.69) is 19.9 Å². The second kappa shape index (κ2) is 6.60. The van der Waals surface area contributed by atoms with Gasteiger partial charge < -0.3 is 5.73 Å². The van der Waals surface area contributed by atoms with Gasteiger partial charge in [0.15, 0.2) is 5.82 Å². The molecule has 3 aromatic heterocycles. The zero-order valence-corrected chi connectivity index (χ0v) is 15.8. The molecule has 0 saturated carbocycles. The number of nitrogen functional groups attached to an aromatic ring is 1. The van der Waals surface area contributed by atoms with E-state index in [-0.39, 0.29) is 5.75 Å². The number of hydrogen-bond acceptors (Lipinski definition) is 7. The highest BCUT2D eigenvalue weighted by molar-refractivity contribution is 7.90. The van der Waals surface area contributed by atoms with Crippen LogP contribution in [0.4, 0.5) is 5.82 Å². The van der Waals surface area contributed by atoms with E-state index in [1.54, 1.807) is 24.8 Å². The van der Waals surface area contributed by atoms with Gasteiger partial charge >= 0.3 is 0 Å². The third kappa shape index (κ3) is 3.80. The van der Waals surface area contributed by atoms with E-state index in [1.165, 1.54) is 6.26 Å². The fraction of sp³-hybridized carbons (Fsp3) is 0.333. The van der Waals surface area contributed by atoms with Crippen molar-refractivity contribution < 1.29 is 8.42 Å². The Balaban J connectivity index is 2.11. The van der Waals surface area contributed by atoms with Crippen LogP contribution >= 0.6 is 0 Å². The van der Waals surface area contributed by atoms with Gasteiger partial charge in [0.25, 0.3) is 0 Å². The predicted molar refractivity (Wildman–Crippen MR) is 102 cm³/mol. The van der Waals surface area contributed by atoms with Crippen LogP contribution in [0.25, 0.3) is 22.3 Å². The van der Waals surface area contributed by atoms with Gasteiger partial charge in [-0.05, 0) is 29.5 Å². The first-order chi connectivity index (χ1) is 12.2. The van der Waals surface area contributed by atoms with Crippen molar-refractivity contribution in [2.75, 3.05) is 17.7 Å². The normalized spacial score (nSPS) is 12.4. The van der Waals surface area contributed by atoms with Gasteiger partial charge in [-0.3, -0.25) is 9.97 Å². The SMILES string of the molecule is CC(C)(CCS(C)(=O)=O)c1cncc2nc(-c3ccncc3)nc(N)c12. The van der Waals surface area contributed by atoms with E-state index in [0.29, 0.717) is 23.6 Å². The molecule has 0 aliphatic rings.